The summed E-state index contributed by atoms with van der Waals surface area (Å²) in [6, 6.07) is 7.97. The van der Waals surface area contributed by atoms with Gasteiger partial charge in [0.05, 0.1) is 5.69 Å². The molecule has 0 spiro atoms. The highest BCUT2D eigenvalue weighted by Gasteiger charge is 2.22. The smallest absolute Gasteiger partial charge is 0.224 e. The third-order valence-electron chi connectivity index (χ3n) is 4.03. The maximum absolute atomic E-state index is 12.2. The Hall–Kier alpha value is -1.00. The molecule has 2 N–H and O–H groups in total. The molecule has 1 fully saturated rings. The van der Waals surface area contributed by atoms with Gasteiger partial charge in [0.1, 0.15) is 0 Å². The fraction of sp³-hybridized carbons (Fsp3) is 0.562. The van der Waals surface area contributed by atoms with Crippen molar-refractivity contribution in [3.63, 3.8) is 0 Å². The minimum Gasteiger partial charge on any atom is -0.325 e. The minimum atomic E-state index is 0.129. The van der Waals surface area contributed by atoms with E-state index in [1.54, 1.807) is 11.8 Å². The standard InChI is InChI=1S/C16H24N2OS/c1-12(13-6-5-9-17-11-13)10-16(19)18-14-7-3-4-8-15(14)20-2/h3-4,7-8,12-13,17H,5-6,9-11H2,1-2H3,(H,18,19). The Morgan fingerprint density at radius 3 is 3.00 bits per heavy atom. The number of carbonyl (C=O) groups is 1. The molecular weight excluding hydrogens is 268 g/mol. The maximum atomic E-state index is 12.2. The number of carbonyl (C=O) groups excluding carboxylic acids is 1. The molecule has 2 atom stereocenters. The van der Waals surface area contributed by atoms with Crippen LogP contribution in [-0.4, -0.2) is 25.3 Å². The highest BCUT2D eigenvalue weighted by molar-refractivity contribution is 7.98. The topological polar surface area (TPSA) is 41.1 Å². The SMILES string of the molecule is CSc1ccccc1NC(=O)CC(C)C1CCCNC1. The van der Waals surface area contributed by atoms with Gasteiger partial charge < -0.3 is 10.6 Å². The maximum Gasteiger partial charge on any atom is 0.224 e. The minimum absolute atomic E-state index is 0.129. The zero-order chi connectivity index (χ0) is 14.4. The Morgan fingerprint density at radius 1 is 1.50 bits per heavy atom. The average molecular weight is 292 g/mol. The summed E-state index contributed by atoms with van der Waals surface area (Å²) < 4.78 is 0. The number of anilines is 1. The molecule has 0 aliphatic carbocycles. The van der Waals surface area contributed by atoms with Crippen molar-refractivity contribution in [1.29, 1.82) is 0 Å². The van der Waals surface area contributed by atoms with Crippen molar-refractivity contribution in [2.45, 2.75) is 31.1 Å². The van der Waals surface area contributed by atoms with Crippen LogP contribution in [0.25, 0.3) is 0 Å². The quantitative estimate of drug-likeness (QED) is 0.818. The molecule has 1 amide bonds. The first-order valence-electron chi connectivity index (χ1n) is 7.34. The lowest BCUT2D eigenvalue weighted by atomic mass is 9.85. The van der Waals surface area contributed by atoms with Crippen molar-refractivity contribution >= 4 is 23.4 Å². The van der Waals surface area contributed by atoms with Crippen LogP contribution in [0.3, 0.4) is 0 Å². The highest BCUT2D eigenvalue weighted by atomic mass is 32.2. The fourth-order valence-electron chi connectivity index (χ4n) is 2.77. The van der Waals surface area contributed by atoms with E-state index in [0.717, 1.165) is 23.7 Å². The van der Waals surface area contributed by atoms with Crippen LogP contribution in [0.2, 0.25) is 0 Å². The van der Waals surface area contributed by atoms with Gasteiger partial charge in [-0.05, 0) is 56.2 Å². The van der Waals surface area contributed by atoms with Gasteiger partial charge in [-0.25, -0.2) is 0 Å². The van der Waals surface area contributed by atoms with E-state index in [-0.39, 0.29) is 5.91 Å². The molecule has 0 aromatic heterocycles. The molecule has 110 valence electrons. The van der Waals surface area contributed by atoms with Gasteiger partial charge >= 0.3 is 0 Å². The molecule has 4 heteroatoms. The number of nitrogens with one attached hydrogen (secondary N) is 2. The lowest BCUT2D eigenvalue weighted by Crippen LogP contribution is -2.34. The monoisotopic (exact) mass is 292 g/mol. The van der Waals surface area contributed by atoms with Crippen LogP contribution in [0.4, 0.5) is 5.69 Å². The normalized spacial score (nSPS) is 20.4. The highest BCUT2D eigenvalue weighted by Crippen LogP contribution is 2.26. The van der Waals surface area contributed by atoms with E-state index in [9.17, 15) is 4.79 Å². The first kappa shape index (κ1) is 15.4. The second kappa shape index (κ2) is 7.70. The van der Waals surface area contributed by atoms with Crippen molar-refractivity contribution in [1.82, 2.24) is 5.32 Å². The van der Waals surface area contributed by atoms with E-state index in [1.165, 1.54) is 12.8 Å². The van der Waals surface area contributed by atoms with Crippen molar-refractivity contribution in [3.05, 3.63) is 24.3 Å². The van der Waals surface area contributed by atoms with E-state index in [4.69, 9.17) is 0 Å². The number of hydrogen-bond acceptors (Lipinski definition) is 3. The van der Waals surface area contributed by atoms with Crippen LogP contribution in [0.15, 0.2) is 29.2 Å². The fourth-order valence-corrected chi connectivity index (χ4v) is 3.33. The first-order valence-corrected chi connectivity index (χ1v) is 8.56. The van der Waals surface area contributed by atoms with Crippen LogP contribution in [0.1, 0.15) is 26.2 Å². The van der Waals surface area contributed by atoms with Crippen LogP contribution >= 0.6 is 11.8 Å². The molecule has 20 heavy (non-hydrogen) atoms. The van der Waals surface area contributed by atoms with Gasteiger partial charge in [0.2, 0.25) is 5.91 Å². The number of hydrogen-bond donors (Lipinski definition) is 2. The van der Waals surface area contributed by atoms with Gasteiger partial charge in [0.25, 0.3) is 0 Å². The van der Waals surface area contributed by atoms with E-state index in [1.807, 2.05) is 30.5 Å². The second-order valence-corrected chi connectivity index (χ2v) is 6.38. The van der Waals surface area contributed by atoms with E-state index >= 15 is 0 Å². The van der Waals surface area contributed by atoms with Crippen LogP contribution in [0, 0.1) is 11.8 Å². The van der Waals surface area contributed by atoms with Gasteiger partial charge in [-0.1, -0.05) is 19.1 Å². The number of benzene rings is 1. The number of amides is 1. The molecular formula is C16H24N2OS. The summed E-state index contributed by atoms with van der Waals surface area (Å²) in [7, 11) is 0. The molecule has 1 aromatic rings. The molecule has 0 radical (unpaired) electrons. The van der Waals surface area contributed by atoms with Crippen LogP contribution < -0.4 is 10.6 Å². The van der Waals surface area contributed by atoms with E-state index in [2.05, 4.69) is 17.6 Å². The zero-order valence-electron chi connectivity index (χ0n) is 12.3. The third-order valence-corrected chi connectivity index (χ3v) is 4.82. The Balaban J connectivity index is 1.88. The summed E-state index contributed by atoms with van der Waals surface area (Å²) in [5, 5.41) is 6.47. The first-order chi connectivity index (χ1) is 9.70. The predicted octanol–water partition coefficient (Wildman–Crippen LogP) is 3.37. The lowest BCUT2D eigenvalue weighted by molar-refractivity contribution is -0.117. The van der Waals surface area contributed by atoms with Crippen molar-refractivity contribution < 1.29 is 4.79 Å². The Morgan fingerprint density at radius 2 is 2.30 bits per heavy atom. The van der Waals surface area contributed by atoms with Crippen molar-refractivity contribution in [3.8, 4) is 0 Å². The van der Waals surface area contributed by atoms with E-state index in [0.29, 0.717) is 18.3 Å². The predicted molar refractivity (Wildman–Crippen MR) is 86.2 cm³/mol. The second-order valence-electron chi connectivity index (χ2n) is 5.54. The molecule has 1 aliphatic rings. The van der Waals surface area contributed by atoms with Gasteiger partial charge in [-0.15, -0.1) is 11.8 Å². The molecule has 0 saturated carbocycles. The van der Waals surface area contributed by atoms with Crippen LogP contribution in [0.5, 0.6) is 0 Å². The summed E-state index contributed by atoms with van der Waals surface area (Å²) in [4.78, 5) is 13.3. The number of rotatable bonds is 5. The van der Waals surface area contributed by atoms with Crippen molar-refractivity contribution in [2.75, 3.05) is 24.7 Å². The zero-order valence-corrected chi connectivity index (χ0v) is 13.1. The number of para-hydroxylation sites is 1. The van der Waals surface area contributed by atoms with Gasteiger partial charge in [-0.3, -0.25) is 4.79 Å². The van der Waals surface area contributed by atoms with Gasteiger partial charge in [0.15, 0.2) is 0 Å². The summed E-state index contributed by atoms with van der Waals surface area (Å²) in [5.41, 5.74) is 0.930. The molecule has 0 bridgehead atoms. The molecule has 1 aliphatic heterocycles. The molecule has 2 unspecified atom stereocenters. The van der Waals surface area contributed by atoms with Crippen LogP contribution in [-0.2, 0) is 4.79 Å². The number of piperidine rings is 1. The number of thioether (sulfide) groups is 1. The lowest BCUT2D eigenvalue weighted by Gasteiger charge is -2.28. The Labute approximate surface area is 125 Å². The summed E-state index contributed by atoms with van der Waals surface area (Å²) in [6.45, 7) is 4.37. The molecule has 3 nitrogen and oxygen atoms in total. The summed E-state index contributed by atoms with van der Waals surface area (Å²) in [6.07, 6.45) is 5.10. The third kappa shape index (κ3) is 4.25. The summed E-state index contributed by atoms with van der Waals surface area (Å²) in [5.74, 6) is 1.19. The Kier molecular flexibility index (Phi) is 5.92. The van der Waals surface area contributed by atoms with Gasteiger partial charge in [0, 0.05) is 11.3 Å². The molecule has 2 rings (SSSR count). The molecule has 1 heterocycles. The molecule has 1 aromatic carbocycles. The van der Waals surface area contributed by atoms with Crippen molar-refractivity contribution in [2.24, 2.45) is 11.8 Å². The van der Waals surface area contributed by atoms with E-state index < -0.39 is 0 Å². The molecule has 1 saturated heterocycles. The van der Waals surface area contributed by atoms with Gasteiger partial charge in [-0.2, -0.15) is 0 Å². The average Bonchev–Trinajstić information content (AvgIpc) is 2.48. The largest absolute Gasteiger partial charge is 0.325 e. The Bertz CT molecular complexity index is 444. The summed E-state index contributed by atoms with van der Waals surface area (Å²) >= 11 is 1.66.